The van der Waals surface area contributed by atoms with Gasteiger partial charge in [0, 0.05) is 6.20 Å². The Balaban J connectivity index is 2.16. The molecule has 2 rings (SSSR count). The standard InChI is InChI=1S/C15H18N6O6/c1-7(22)11(14(24)25)19-15(26)18-9(6-10(16)23)13-21-20-12(27-13)8-4-2-3-5-17-8/h2-5,7,9,11,22H,6H2,1H3,(H2,16,23)(H,24,25)(H2,18,19,26)/t7?,9-,11-/m0/s1. The summed E-state index contributed by atoms with van der Waals surface area (Å²) in [7, 11) is 0. The van der Waals surface area contributed by atoms with Crippen molar-refractivity contribution in [1.29, 1.82) is 0 Å². The number of aromatic nitrogens is 3. The van der Waals surface area contributed by atoms with Gasteiger partial charge in [-0.1, -0.05) is 6.07 Å². The van der Waals surface area contributed by atoms with E-state index in [1.165, 1.54) is 13.1 Å². The predicted molar refractivity (Wildman–Crippen MR) is 88.9 cm³/mol. The number of primary amides is 1. The number of carbonyl (C=O) groups is 3. The lowest BCUT2D eigenvalue weighted by molar-refractivity contribution is -0.141. The molecule has 12 heteroatoms. The quantitative estimate of drug-likeness (QED) is 0.390. The number of nitrogens with one attached hydrogen (secondary N) is 2. The van der Waals surface area contributed by atoms with Crippen molar-refractivity contribution in [2.24, 2.45) is 5.73 Å². The van der Waals surface area contributed by atoms with Crippen molar-refractivity contribution in [2.75, 3.05) is 0 Å². The topological polar surface area (TPSA) is 194 Å². The molecule has 3 atom stereocenters. The maximum atomic E-state index is 12.1. The third-order valence-electron chi connectivity index (χ3n) is 3.37. The summed E-state index contributed by atoms with van der Waals surface area (Å²) in [6.45, 7) is 1.21. The van der Waals surface area contributed by atoms with E-state index in [1.54, 1.807) is 18.2 Å². The number of carbonyl (C=O) groups excluding carboxylic acids is 2. The zero-order valence-corrected chi connectivity index (χ0v) is 14.2. The number of aliphatic carboxylic acids is 1. The molecule has 0 aliphatic rings. The van der Waals surface area contributed by atoms with Gasteiger partial charge in [-0.25, -0.2) is 9.59 Å². The van der Waals surface area contributed by atoms with E-state index >= 15 is 0 Å². The van der Waals surface area contributed by atoms with Crippen LogP contribution in [-0.4, -0.2) is 55.4 Å². The number of urea groups is 1. The third kappa shape index (κ3) is 5.47. The molecule has 1 unspecified atom stereocenters. The van der Waals surface area contributed by atoms with Crippen molar-refractivity contribution in [3.63, 3.8) is 0 Å². The Hall–Kier alpha value is -3.54. The summed E-state index contributed by atoms with van der Waals surface area (Å²) < 4.78 is 5.43. The minimum atomic E-state index is -1.55. The van der Waals surface area contributed by atoms with E-state index in [-0.39, 0.29) is 18.2 Å². The van der Waals surface area contributed by atoms with Gasteiger partial charge in [0.1, 0.15) is 11.7 Å². The average molecular weight is 378 g/mol. The van der Waals surface area contributed by atoms with E-state index in [0.29, 0.717) is 5.69 Å². The maximum Gasteiger partial charge on any atom is 0.328 e. The first kappa shape index (κ1) is 19.8. The lowest BCUT2D eigenvalue weighted by Gasteiger charge is -2.19. The number of pyridine rings is 1. The molecule has 2 aromatic rings. The van der Waals surface area contributed by atoms with Crippen molar-refractivity contribution in [3.8, 4) is 11.6 Å². The minimum absolute atomic E-state index is 0.0645. The molecule has 0 saturated carbocycles. The summed E-state index contributed by atoms with van der Waals surface area (Å²) in [5.74, 6) is -2.24. The lowest BCUT2D eigenvalue weighted by atomic mass is 10.2. The van der Waals surface area contributed by atoms with Crippen LogP contribution in [0.2, 0.25) is 0 Å². The Bertz CT molecular complexity index is 808. The molecule has 0 radical (unpaired) electrons. The van der Waals surface area contributed by atoms with Crippen molar-refractivity contribution in [3.05, 3.63) is 30.3 Å². The number of hydrogen-bond donors (Lipinski definition) is 5. The van der Waals surface area contributed by atoms with Crippen LogP contribution in [0.4, 0.5) is 4.79 Å². The number of nitrogens with two attached hydrogens (primary N) is 1. The largest absolute Gasteiger partial charge is 0.480 e. The van der Waals surface area contributed by atoms with Crippen LogP contribution >= 0.6 is 0 Å². The first-order valence-electron chi connectivity index (χ1n) is 7.79. The number of carboxylic acids is 1. The van der Waals surface area contributed by atoms with Crippen molar-refractivity contribution in [2.45, 2.75) is 31.5 Å². The van der Waals surface area contributed by atoms with Gasteiger partial charge in [0.15, 0.2) is 6.04 Å². The van der Waals surface area contributed by atoms with Gasteiger partial charge in [-0.2, -0.15) is 0 Å². The fourth-order valence-corrected chi connectivity index (χ4v) is 2.10. The van der Waals surface area contributed by atoms with Gasteiger partial charge in [-0.3, -0.25) is 9.78 Å². The first-order valence-corrected chi connectivity index (χ1v) is 7.79. The Morgan fingerprint density at radius 1 is 1.26 bits per heavy atom. The molecule has 0 aliphatic heterocycles. The molecule has 0 aliphatic carbocycles. The molecule has 2 aromatic heterocycles. The molecule has 3 amide bonds. The number of aliphatic hydroxyl groups excluding tert-OH is 1. The van der Waals surface area contributed by atoms with Crippen LogP contribution in [0.3, 0.4) is 0 Å². The van der Waals surface area contributed by atoms with E-state index in [2.05, 4.69) is 25.8 Å². The maximum absolute atomic E-state index is 12.1. The Labute approximate surface area is 152 Å². The van der Waals surface area contributed by atoms with Gasteiger partial charge in [-0.15, -0.1) is 10.2 Å². The molecule has 0 saturated heterocycles. The second-order valence-corrected chi connectivity index (χ2v) is 5.56. The number of rotatable bonds is 8. The molecular weight excluding hydrogens is 360 g/mol. The number of nitrogens with zero attached hydrogens (tertiary/aromatic N) is 3. The molecule has 6 N–H and O–H groups in total. The first-order chi connectivity index (χ1) is 12.8. The smallest absolute Gasteiger partial charge is 0.328 e. The Kier molecular flexibility index (Phi) is 6.38. The van der Waals surface area contributed by atoms with Crippen LogP contribution < -0.4 is 16.4 Å². The monoisotopic (exact) mass is 378 g/mol. The van der Waals surface area contributed by atoms with Gasteiger partial charge >= 0.3 is 12.0 Å². The molecule has 2 heterocycles. The zero-order valence-electron chi connectivity index (χ0n) is 14.2. The van der Waals surface area contributed by atoms with Crippen LogP contribution in [0.5, 0.6) is 0 Å². The second kappa shape index (κ2) is 8.71. The Morgan fingerprint density at radius 3 is 2.56 bits per heavy atom. The number of aliphatic hydroxyl groups is 1. The van der Waals surface area contributed by atoms with Crippen LogP contribution in [0, 0.1) is 0 Å². The summed E-state index contributed by atoms with van der Waals surface area (Å²) in [6.07, 6.45) is -0.195. The van der Waals surface area contributed by atoms with Crippen molar-refractivity contribution < 1.29 is 29.0 Å². The second-order valence-electron chi connectivity index (χ2n) is 5.56. The van der Waals surface area contributed by atoms with Crippen LogP contribution in [0.25, 0.3) is 11.6 Å². The summed E-state index contributed by atoms with van der Waals surface area (Å²) in [5.41, 5.74) is 5.56. The molecular formula is C15H18N6O6. The van der Waals surface area contributed by atoms with Gasteiger partial charge in [-0.05, 0) is 19.1 Å². The van der Waals surface area contributed by atoms with Crippen LogP contribution in [-0.2, 0) is 9.59 Å². The number of carboxylic acid groups (broad SMARTS) is 1. The highest BCUT2D eigenvalue weighted by Crippen LogP contribution is 2.20. The highest BCUT2D eigenvalue weighted by Gasteiger charge is 2.28. The molecule has 27 heavy (non-hydrogen) atoms. The fourth-order valence-electron chi connectivity index (χ4n) is 2.10. The van der Waals surface area contributed by atoms with Crippen molar-refractivity contribution >= 4 is 17.9 Å². The Morgan fingerprint density at radius 2 is 2.00 bits per heavy atom. The SMILES string of the molecule is CC(O)[C@H](NC(=O)N[C@@H](CC(N)=O)c1nnc(-c2ccccn2)o1)C(=O)O. The summed E-state index contributed by atoms with van der Waals surface area (Å²) >= 11 is 0. The van der Waals surface area contributed by atoms with Gasteiger partial charge in [0.25, 0.3) is 5.89 Å². The molecule has 0 fully saturated rings. The van der Waals surface area contributed by atoms with E-state index in [9.17, 15) is 19.5 Å². The molecule has 0 bridgehead atoms. The van der Waals surface area contributed by atoms with Crippen LogP contribution in [0.15, 0.2) is 28.8 Å². The fraction of sp³-hybridized carbons (Fsp3) is 0.333. The van der Waals surface area contributed by atoms with E-state index < -0.39 is 36.1 Å². The normalized spacial score (nSPS) is 14.0. The van der Waals surface area contributed by atoms with Gasteiger partial charge in [0.2, 0.25) is 11.8 Å². The number of hydrogen-bond acceptors (Lipinski definition) is 8. The lowest BCUT2D eigenvalue weighted by Crippen LogP contribution is -2.52. The van der Waals surface area contributed by atoms with E-state index in [1.807, 2.05) is 0 Å². The van der Waals surface area contributed by atoms with E-state index in [0.717, 1.165) is 0 Å². The van der Waals surface area contributed by atoms with Crippen molar-refractivity contribution in [1.82, 2.24) is 25.8 Å². The predicted octanol–water partition coefficient (Wildman–Crippen LogP) is -0.819. The summed E-state index contributed by atoms with van der Waals surface area (Å²) in [4.78, 5) is 38.4. The molecule has 0 aromatic carbocycles. The minimum Gasteiger partial charge on any atom is -0.480 e. The molecule has 144 valence electrons. The summed E-state index contributed by atoms with van der Waals surface area (Å²) in [5, 5.41) is 30.4. The number of amides is 3. The molecule has 12 nitrogen and oxygen atoms in total. The summed E-state index contributed by atoms with van der Waals surface area (Å²) in [6, 6.07) is 1.42. The van der Waals surface area contributed by atoms with E-state index in [4.69, 9.17) is 15.3 Å². The van der Waals surface area contributed by atoms with Gasteiger partial charge in [0.05, 0.1) is 12.5 Å². The van der Waals surface area contributed by atoms with Crippen LogP contribution in [0.1, 0.15) is 25.3 Å². The van der Waals surface area contributed by atoms with Gasteiger partial charge < -0.3 is 31.0 Å². The zero-order chi connectivity index (χ0) is 20.0. The highest BCUT2D eigenvalue weighted by molar-refractivity contribution is 5.83. The average Bonchev–Trinajstić information content (AvgIpc) is 3.09. The highest BCUT2D eigenvalue weighted by atomic mass is 16.4. The molecule has 0 spiro atoms. The third-order valence-corrected chi connectivity index (χ3v) is 3.37.